The van der Waals surface area contributed by atoms with E-state index >= 15 is 0 Å². The summed E-state index contributed by atoms with van der Waals surface area (Å²) in [6.07, 6.45) is 1.39. The van der Waals surface area contributed by atoms with E-state index in [0.717, 1.165) is 10.8 Å². The molecule has 0 fully saturated rings. The molecule has 0 spiro atoms. The van der Waals surface area contributed by atoms with Crippen LogP contribution < -0.4 is 10.2 Å². The molecule has 128 valence electrons. The van der Waals surface area contributed by atoms with Crippen LogP contribution in [-0.4, -0.2) is 23.8 Å². The molecule has 0 radical (unpaired) electrons. The van der Waals surface area contributed by atoms with Crippen molar-refractivity contribution < 1.29 is 14.6 Å². The monoisotopic (exact) mass is 345 g/mol. The molecule has 0 aromatic heterocycles. The highest BCUT2D eigenvalue weighted by molar-refractivity contribution is 6.02. The molecule has 3 rings (SSSR count). The van der Waals surface area contributed by atoms with Crippen molar-refractivity contribution in [1.82, 2.24) is 5.43 Å². The van der Waals surface area contributed by atoms with Crippen molar-refractivity contribution in [2.45, 2.75) is 0 Å². The fourth-order valence-corrected chi connectivity index (χ4v) is 2.45. The lowest BCUT2D eigenvalue weighted by Gasteiger charge is -2.07. The number of nitrogens with one attached hydrogen (secondary N) is 1. The number of rotatable bonds is 5. The molecule has 0 atom stereocenters. The Balaban J connectivity index is 1.65. The zero-order chi connectivity index (χ0) is 18.4. The van der Waals surface area contributed by atoms with Crippen molar-refractivity contribution in [1.29, 1.82) is 5.26 Å². The lowest BCUT2D eigenvalue weighted by atomic mass is 10.0. The number of carbonyl (C=O) groups is 1. The third-order valence-corrected chi connectivity index (χ3v) is 3.70. The van der Waals surface area contributed by atoms with Gasteiger partial charge in [-0.25, -0.2) is 5.43 Å². The van der Waals surface area contributed by atoms with Gasteiger partial charge in [-0.15, -0.1) is 0 Å². The largest absolute Gasteiger partial charge is 0.507 e. The number of phenolic OH excluding ortho intramolecular Hbond substituents is 1. The first kappa shape index (κ1) is 17.0. The summed E-state index contributed by atoms with van der Waals surface area (Å²) in [5, 5.41) is 24.7. The van der Waals surface area contributed by atoms with Crippen LogP contribution in [-0.2, 0) is 4.79 Å². The minimum absolute atomic E-state index is 0.0703. The first-order valence-corrected chi connectivity index (χ1v) is 7.83. The number of amides is 1. The van der Waals surface area contributed by atoms with Gasteiger partial charge in [-0.05, 0) is 29.0 Å². The lowest BCUT2D eigenvalue weighted by molar-refractivity contribution is -0.123. The summed E-state index contributed by atoms with van der Waals surface area (Å²) in [7, 11) is 0. The van der Waals surface area contributed by atoms with Gasteiger partial charge in [0, 0.05) is 5.56 Å². The second-order valence-electron chi connectivity index (χ2n) is 5.41. The number of para-hydroxylation sites is 1. The van der Waals surface area contributed by atoms with E-state index in [1.165, 1.54) is 6.21 Å². The highest BCUT2D eigenvalue weighted by atomic mass is 16.5. The topological polar surface area (TPSA) is 94.7 Å². The van der Waals surface area contributed by atoms with Crippen LogP contribution in [0.1, 0.15) is 11.1 Å². The summed E-state index contributed by atoms with van der Waals surface area (Å²) in [5.74, 6) is -0.0737. The van der Waals surface area contributed by atoms with Gasteiger partial charge in [0.25, 0.3) is 5.91 Å². The summed E-state index contributed by atoms with van der Waals surface area (Å²) in [6.45, 7) is -0.280. The van der Waals surface area contributed by atoms with E-state index < -0.39 is 5.91 Å². The smallest absolute Gasteiger partial charge is 0.277 e. The number of nitrogens with zero attached hydrogens (tertiary/aromatic N) is 2. The summed E-state index contributed by atoms with van der Waals surface area (Å²) < 4.78 is 5.33. The Morgan fingerprint density at radius 2 is 1.92 bits per heavy atom. The molecule has 2 N–H and O–H groups in total. The molecule has 26 heavy (non-hydrogen) atoms. The van der Waals surface area contributed by atoms with E-state index in [1.54, 1.807) is 36.4 Å². The van der Waals surface area contributed by atoms with E-state index in [0.29, 0.717) is 16.9 Å². The molecule has 6 heteroatoms. The molecule has 0 aliphatic rings. The quantitative estimate of drug-likeness (QED) is 0.549. The Morgan fingerprint density at radius 3 is 2.77 bits per heavy atom. The molecule has 0 saturated carbocycles. The Labute approximate surface area is 150 Å². The van der Waals surface area contributed by atoms with Crippen molar-refractivity contribution in [2.75, 3.05) is 6.61 Å². The molecule has 3 aromatic rings. The Hall–Kier alpha value is -3.85. The van der Waals surface area contributed by atoms with Gasteiger partial charge in [-0.3, -0.25) is 4.79 Å². The molecule has 3 aromatic carbocycles. The highest BCUT2D eigenvalue weighted by Crippen LogP contribution is 2.25. The lowest BCUT2D eigenvalue weighted by Crippen LogP contribution is -2.24. The predicted molar refractivity (Wildman–Crippen MR) is 98.0 cm³/mol. The Morgan fingerprint density at radius 1 is 1.15 bits per heavy atom. The average Bonchev–Trinajstić information content (AvgIpc) is 2.68. The number of hydrogen-bond acceptors (Lipinski definition) is 5. The Bertz CT molecular complexity index is 1020. The van der Waals surface area contributed by atoms with Gasteiger partial charge >= 0.3 is 0 Å². The zero-order valence-electron chi connectivity index (χ0n) is 13.7. The van der Waals surface area contributed by atoms with Crippen molar-refractivity contribution in [3.8, 4) is 17.6 Å². The second-order valence-corrected chi connectivity index (χ2v) is 5.41. The van der Waals surface area contributed by atoms with Crippen LogP contribution in [0.4, 0.5) is 0 Å². The first-order chi connectivity index (χ1) is 12.7. The van der Waals surface area contributed by atoms with E-state index in [9.17, 15) is 9.90 Å². The van der Waals surface area contributed by atoms with Crippen molar-refractivity contribution in [3.63, 3.8) is 0 Å². The molecular weight excluding hydrogens is 330 g/mol. The number of aromatic hydroxyl groups is 1. The van der Waals surface area contributed by atoms with E-state index in [-0.39, 0.29) is 12.4 Å². The number of fused-ring (bicyclic) bond motifs is 1. The fourth-order valence-electron chi connectivity index (χ4n) is 2.45. The number of phenols is 1. The van der Waals surface area contributed by atoms with Crippen LogP contribution in [0.25, 0.3) is 10.8 Å². The minimum Gasteiger partial charge on any atom is -0.507 e. The SMILES string of the molecule is N#Cc1ccccc1OCC(=O)NN=Cc1c(O)ccc2ccccc12. The zero-order valence-corrected chi connectivity index (χ0v) is 13.7. The summed E-state index contributed by atoms with van der Waals surface area (Å²) >= 11 is 0. The van der Waals surface area contributed by atoms with E-state index in [2.05, 4.69) is 10.5 Å². The maximum absolute atomic E-state index is 11.9. The third kappa shape index (κ3) is 3.79. The number of carbonyl (C=O) groups excluding carboxylic acids is 1. The van der Waals surface area contributed by atoms with Crippen molar-refractivity contribution >= 4 is 22.9 Å². The van der Waals surface area contributed by atoms with Crippen LogP contribution in [0.15, 0.2) is 65.8 Å². The molecule has 0 heterocycles. The van der Waals surface area contributed by atoms with Crippen LogP contribution in [0, 0.1) is 11.3 Å². The van der Waals surface area contributed by atoms with Crippen LogP contribution in [0.2, 0.25) is 0 Å². The number of nitriles is 1. The summed E-state index contributed by atoms with van der Waals surface area (Å²) in [6, 6.07) is 19.6. The van der Waals surface area contributed by atoms with Crippen LogP contribution in [0.5, 0.6) is 11.5 Å². The minimum atomic E-state index is -0.478. The van der Waals surface area contributed by atoms with E-state index in [1.807, 2.05) is 30.3 Å². The highest BCUT2D eigenvalue weighted by Gasteiger charge is 2.07. The number of ether oxygens (including phenoxy) is 1. The maximum Gasteiger partial charge on any atom is 0.277 e. The van der Waals surface area contributed by atoms with Gasteiger partial charge in [0.2, 0.25) is 0 Å². The molecule has 0 unspecified atom stereocenters. The van der Waals surface area contributed by atoms with Gasteiger partial charge in [0.05, 0.1) is 11.8 Å². The van der Waals surface area contributed by atoms with Crippen LogP contribution in [0.3, 0.4) is 0 Å². The first-order valence-electron chi connectivity index (χ1n) is 7.83. The second kappa shape index (κ2) is 7.81. The molecule has 0 aliphatic heterocycles. The normalized spacial score (nSPS) is 10.6. The number of benzene rings is 3. The summed E-state index contributed by atoms with van der Waals surface area (Å²) in [5.41, 5.74) is 3.21. The molecule has 0 aliphatic carbocycles. The predicted octanol–water partition coefficient (Wildman–Crippen LogP) is 2.95. The fraction of sp³-hybridized carbons (Fsp3) is 0.0500. The van der Waals surface area contributed by atoms with Crippen molar-refractivity contribution in [3.05, 3.63) is 71.8 Å². The summed E-state index contributed by atoms with van der Waals surface area (Å²) in [4.78, 5) is 11.9. The van der Waals surface area contributed by atoms with Gasteiger partial charge < -0.3 is 9.84 Å². The molecule has 1 amide bonds. The molecule has 6 nitrogen and oxygen atoms in total. The van der Waals surface area contributed by atoms with Gasteiger partial charge in [0.1, 0.15) is 17.6 Å². The number of hydrogen-bond donors (Lipinski definition) is 2. The number of hydrazone groups is 1. The third-order valence-electron chi connectivity index (χ3n) is 3.70. The molecular formula is C20H15N3O3. The van der Waals surface area contributed by atoms with Gasteiger partial charge in [0.15, 0.2) is 6.61 Å². The van der Waals surface area contributed by atoms with Gasteiger partial charge in [-0.2, -0.15) is 10.4 Å². The van der Waals surface area contributed by atoms with E-state index in [4.69, 9.17) is 10.00 Å². The Kier molecular flexibility index (Phi) is 5.11. The molecule has 0 bridgehead atoms. The van der Waals surface area contributed by atoms with Crippen molar-refractivity contribution in [2.24, 2.45) is 5.10 Å². The standard InChI is InChI=1S/C20H15N3O3/c21-11-15-6-2-4-8-19(15)26-13-20(25)23-22-12-17-16-7-3-1-5-14(16)9-10-18(17)24/h1-10,12,24H,13H2,(H,23,25). The van der Waals surface area contributed by atoms with Gasteiger partial charge in [-0.1, -0.05) is 42.5 Å². The molecule has 0 saturated heterocycles. The average molecular weight is 345 g/mol. The van der Waals surface area contributed by atoms with Crippen LogP contribution >= 0.6 is 0 Å². The maximum atomic E-state index is 11.9.